The first kappa shape index (κ1) is 23.9. The minimum atomic E-state index is -0.870. The van der Waals surface area contributed by atoms with Crippen LogP contribution in [0.5, 0.6) is 5.75 Å². The molecule has 36 heavy (non-hydrogen) atoms. The molecule has 1 saturated heterocycles. The summed E-state index contributed by atoms with van der Waals surface area (Å²) in [5, 5.41) is 6.96. The van der Waals surface area contributed by atoms with Gasteiger partial charge in [-0.2, -0.15) is 0 Å². The Hall–Kier alpha value is -3.81. The number of ether oxygens (including phenoxy) is 1. The second-order valence-corrected chi connectivity index (χ2v) is 9.86. The number of nitrogens with one attached hydrogen (secondary N) is 3. The lowest BCUT2D eigenvalue weighted by molar-refractivity contribution is -0.137. The van der Waals surface area contributed by atoms with Gasteiger partial charge in [-0.25, -0.2) is 4.79 Å². The molecule has 188 valence electrons. The summed E-state index contributed by atoms with van der Waals surface area (Å²) < 4.78 is 5.31. The highest BCUT2D eigenvalue weighted by molar-refractivity contribution is 6.09. The van der Waals surface area contributed by atoms with Crippen molar-refractivity contribution in [1.29, 1.82) is 0 Å². The maximum absolute atomic E-state index is 13.2. The third-order valence-corrected chi connectivity index (χ3v) is 7.82. The summed E-state index contributed by atoms with van der Waals surface area (Å²) >= 11 is 0. The molecule has 2 aliphatic rings. The predicted molar refractivity (Wildman–Crippen MR) is 137 cm³/mol. The average molecular weight is 489 g/mol. The Morgan fingerprint density at radius 3 is 2.69 bits per heavy atom. The standard InChI is InChI=1S/C28H32N4O4/c1-18-7-5-6-14-28(18)26(34)32(27(35)31-28)17-25(33)30-15-22(19-10-12-20(36-2)13-11-19)23-16-29-24-9-4-3-8-21(23)24/h3-4,8-13,16,18,22,29H,5-7,14-15,17H2,1-2H3,(H,30,33)(H,31,35)/t18-,22-,28-/m0/s1. The predicted octanol–water partition coefficient (Wildman–Crippen LogP) is 3.93. The Bertz CT molecular complexity index is 1280. The Kier molecular flexibility index (Phi) is 6.43. The molecule has 3 aromatic rings. The smallest absolute Gasteiger partial charge is 0.325 e. The summed E-state index contributed by atoms with van der Waals surface area (Å²) in [5.41, 5.74) is 2.22. The third-order valence-electron chi connectivity index (χ3n) is 7.82. The van der Waals surface area contributed by atoms with Gasteiger partial charge in [0.2, 0.25) is 5.91 Å². The van der Waals surface area contributed by atoms with E-state index in [0.717, 1.165) is 51.9 Å². The van der Waals surface area contributed by atoms with Crippen molar-refractivity contribution >= 4 is 28.7 Å². The van der Waals surface area contributed by atoms with Gasteiger partial charge in [-0.1, -0.05) is 50.1 Å². The Labute approximate surface area is 210 Å². The summed E-state index contributed by atoms with van der Waals surface area (Å²) in [5.74, 6) is 0.0290. The Morgan fingerprint density at radius 1 is 1.17 bits per heavy atom. The Balaban J connectivity index is 1.33. The van der Waals surface area contributed by atoms with Crippen molar-refractivity contribution in [3.8, 4) is 5.75 Å². The van der Waals surface area contributed by atoms with Gasteiger partial charge in [0.25, 0.3) is 5.91 Å². The van der Waals surface area contributed by atoms with E-state index in [9.17, 15) is 14.4 Å². The number of imide groups is 1. The SMILES string of the molecule is COc1ccc([C@H](CNC(=O)CN2C(=O)N[C@]3(CCCC[C@@H]3C)C2=O)c2c[nH]c3ccccc23)cc1. The van der Waals surface area contributed by atoms with Gasteiger partial charge in [0.05, 0.1) is 7.11 Å². The van der Waals surface area contributed by atoms with Gasteiger partial charge in [0.15, 0.2) is 0 Å². The number of H-pyrrole nitrogens is 1. The zero-order valence-corrected chi connectivity index (χ0v) is 20.7. The lowest BCUT2D eigenvalue weighted by atomic mass is 9.73. The number of nitrogens with zero attached hydrogens (tertiary/aromatic N) is 1. The topological polar surface area (TPSA) is 104 Å². The number of aromatic nitrogens is 1. The highest BCUT2D eigenvalue weighted by Crippen LogP contribution is 2.38. The molecule has 0 bridgehead atoms. The van der Waals surface area contributed by atoms with Crippen LogP contribution in [0, 0.1) is 5.92 Å². The lowest BCUT2D eigenvalue weighted by Crippen LogP contribution is -2.54. The number of urea groups is 1. The molecule has 5 rings (SSSR count). The fourth-order valence-corrected chi connectivity index (χ4v) is 5.68. The van der Waals surface area contributed by atoms with Gasteiger partial charge in [-0.15, -0.1) is 0 Å². The van der Waals surface area contributed by atoms with Crippen LogP contribution in [0.25, 0.3) is 10.9 Å². The largest absolute Gasteiger partial charge is 0.497 e. The van der Waals surface area contributed by atoms with Crippen LogP contribution in [0.1, 0.15) is 49.7 Å². The zero-order valence-electron chi connectivity index (χ0n) is 20.7. The number of carbonyl (C=O) groups excluding carboxylic acids is 3. The van der Waals surface area contributed by atoms with E-state index in [2.05, 4.69) is 21.7 Å². The van der Waals surface area contributed by atoms with E-state index in [1.807, 2.05) is 55.6 Å². The van der Waals surface area contributed by atoms with E-state index in [1.165, 1.54) is 0 Å². The second kappa shape index (κ2) is 9.68. The van der Waals surface area contributed by atoms with Gasteiger partial charge >= 0.3 is 6.03 Å². The van der Waals surface area contributed by atoms with Crippen LogP contribution < -0.4 is 15.4 Å². The summed E-state index contributed by atoms with van der Waals surface area (Å²) in [6.45, 7) is 2.03. The number of carbonyl (C=O) groups is 3. The molecule has 1 saturated carbocycles. The average Bonchev–Trinajstić information content (AvgIpc) is 3.42. The molecule has 2 aromatic carbocycles. The summed E-state index contributed by atoms with van der Waals surface area (Å²) in [6, 6.07) is 15.3. The van der Waals surface area contributed by atoms with E-state index in [1.54, 1.807) is 7.11 Å². The molecule has 3 atom stereocenters. The normalized spacial score (nSPS) is 22.6. The van der Waals surface area contributed by atoms with Crippen molar-refractivity contribution in [1.82, 2.24) is 20.5 Å². The van der Waals surface area contributed by atoms with Crippen molar-refractivity contribution in [3.63, 3.8) is 0 Å². The molecule has 1 aromatic heterocycles. The van der Waals surface area contributed by atoms with Crippen LogP contribution in [-0.4, -0.2) is 53.5 Å². The molecule has 1 spiro atoms. The second-order valence-electron chi connectivity index (χ2n) is 9.86. The van der Waals surface area contributed by atoms with Crippen molar-refractivity contribution in [2.45, 2.75) is 44.1 Å². The minimum Gasteiger partial charge on any atom is -0.497 e. The first-order chi connectivity index (χ1) is 17.4. The maximum Gasteiger partial charge on any atom is 0.325 e. The number of hydrogen-bond acceptors (Lipinski definition) is 4. The van der Waals surface area contributed by atoms with Crippen LogP contribution >= 0.6 is 0 Å². The molecule has 0 unspecified atom stereocenters. The van der Waals surface area contributed by atoms with Crippen LogP contribution in [0.2, 0.25) is 0 Å². The highest BCUT2D eigenvalue weighted by Gasteiger charge is 2.55. The van der Waals surface area contributed by atoms with Crippen LogP contribution in [0.3, 0.4) is 0 Å². The van der Waals surface area contributed by atoms with Gasteiger partial charge in [0, 0.05) is 29.6 Å². The molecule has 8 nitrogen and oxygen atoms in total. The quantitative estimate of drug-likeness (QED) is 0.439. The zero-order chi connectivity index (χ0) is 25.3. The highest BCUT2D eigenvalue weighted by atomic mass is 16.5. The van der Waals surface area contributed by atoms with E-state index in [0.29, 0.717) is 13.0 Å². The molecule has 0 radical (unpaired) electrons. The third kappa shape index (κ3) is 4.21. The fraction of sp³-hybridized carbons (Fsp3) is 0.393. The maximum atomic E-state index is 13.2. The Morgan fingerprint density at radius 2 is 1.94 bits per heavy atom. The number of fused-ring (bicyclic) bond motifs is 1. The van der Waals surface area contributed by atoms with Crippen LogP contribution in [-0.2, 0) is 9.59 Å². The van der Waals surface area contributed by atoms with E-state index < -0.39 is 11.6 Å². The fourth-order valence-electron chi connectivity index (χ4n) is 5.68. The van der Waals surface area contributed by atoms with Gasteiger partial charge in [-0.3, -0.25) is 14.5 Å². The van der Waals surface area contributed by atoms with Crippen molar-refractivity contribution < 1.29 is 19.1 Å². The van der Waals surface area contributed by atoms with E-state index in [4.69, 9.17) is 4.74 Å². The lowest BCUT2D eigenvalue weighted by Gasteiger charge is -2.36. The van der Waals surface area contributed by atoms with Crippen molar-refractivity contribution in [2.24, 2.45) is 5.92 Å². The first-order valence-corrected chi connectivity index (χ1v) is 12.5. The first-order valence-electron chi connectivity index (χ1n) is 12.5. The molecule has 1 aliphatic heterocycles. The van der Waals surface area contributed by atoms with E-state index in [-0.39, 0.29) is 30.2 Å². The molecule has 2 heterocycles. The van der Waals surface area contributed by atoms with Gasteiger partial charge in [0.1, 0.15) is 17.8 Å². The van der Waals surface area contributed by atoms with E-state index >= 15 is 0 Å². The summed E-state index contributed by atoms with van der Waals surface area (Å²) in [4.78, 5) is 43.3. The molecular weight excluding hydrogens is 456 g/mol. The molecule has 3 N–H and O–H groups in total. The molecule has 1 aliphatic carbocycles. The summed E-state index contributed by atoms with van der Waals surface area (Å²) in [6.07, 6.45) is 5.42. The minimum absolute atomic E-state index is 0.0529. The number of amides is 4. The molecule has 8 heteroatoms. The summed E-state index contributed by atoms with van der Waals surface area (Å²) in [7, 11) is 1.63. The van der Waals surface area contributed by atoms with Gasteiger partial charge in [-0.05, 0) is 48.1 Å². The van der Waals surface area contributed by atoms with Crippen LogP contribution in [0.15, 0.2) is 54.7 Å². The van der Waals surface area contributed by atoms with Crippen LogP contribution in [0.4, 0.5) is 4.79 Å². The molecule has 2 fully saturated rings. The molecule has 4 amide bonds. The monoisotopic (exact) mass is 488 g/mol. The number of hydrogen-bond donors (Lipinski definition) is 3. The van der Waals surface area contributed by atoms with Crippen molar-refractivity contribution in [3.05, 3.63) is 65.9 Å². The number of aromatic amines is 1. The number of para-hydroxylation sites is 1. The number of benzene rings is 2. The number of methoxy groups -OCH3 is 1. The number of rotatable bonds is 7. The van der Waals surface area contributed by atoms with Gasteiger partial charge < -0.3 is 20.4 Å². The van der Waals surface area contributed by atoms with Crippen molar-refractivity contribution in [2.75, 3.05) is 20.2 Å². The molecular formula is C28H32N4O4.